The second kappa shape index (κ2) is 5.79. The SMILES string of the molecule is FC(F)(F)c1nc(SC/C=C/Cl)c2ccccc2n1. The standard InChI is InChI=1S/C12H8ClF3N2S/c13-6-3-7-19-10-8-4-1-2-5-9(8)17-11(18-10)12(14,15)16/h1-6H,7H2/b6-3+. The lowest BCUT2D eigenvalue weighted by atomic mass is 10.2. The van der Waals surface area contributed by atoms with Gasteiger partial charge in [-0.3, -0.25) is 0 Å². The van der Waals surface area contributed by atoms with Crippen molar-refractivity contribution in [2.24, 2.45) is 0 Å². The molecule has 7 heteroatoms. The first-order valence-corrected chi connectivity index (χ1v) is 6.66. The third-order valence-corrected chi connectivity index (χ3v) is 3.35. The maximum Gasteiger partial charge on any atom is 0.451 e. The molecular formula is C12H8ClF3N2S. The number of fused-ring (bicyclic) bond motifs is 1. The molecule has 0 aliphatic rings. The van der Waals surface area contributed by atoms with Gasteiger partial charge >= 0.3 is 6.18 Å². The molecular weight excluding hydrogens is 297 g/mol. The molecule has 0 bridgehead atoms. The number of halogens is 4. The van der Waals surface area contributed by atoms with E-state index >= 15 is 0 Å². The van der Waals surface area contributed by atoms with E-state index < -0.39 is 12.0 Å². The van der Waals surface area contributed by atoms with Gasteiger partial charge < -0.3 is 0 Å². The fourth-order valence-electron chi connectivity index (χ4n) is 1.45. The third kappa shape index (κ3) is 3.39. The van der Waals surface area contributed by atoms with Crippen LogP contribution in [0.15, 0.2) is 40.9 Å². The minimum absolute atomic E-state index is 0.280. The molecule has 2 aromatic rings. The molecule has 2 nitrogen and oxygen atoms in total. The topological polar surface area (TPSA) is 25.8 Å². The maximum atomic E-state index is 12.7. The normalized spacial score (nSPS) is 12.4. The van der Waals surface area contributed by atoms with Crippen LogP contribution in [0.5, 0.6) is 0 Å². The molecule has 1 aromatic heterocycles. The molecule has 1 heterocycles. The van der Waals surface area contributed by atoms with Crippen LogP contribution in [0.3, 0.4) is 0 Å². The van der Waals surface area contributed by atoms with E-state index in [0.29, 0.717) is 16.2 Å². The van der Waals surface area contributed by atoms with Crippen LogP contribution in [0, 0.1) is 0 Å². The van der Waals surface area contributed by atoms with Crippen molar-refractivity contribution in [1.82, 2.24) is 9.97 Å². The van der Waals surface area contributed by atoms with Gasteiger partial charge in [-0.25, -0.2) is 9.97 Å². The minimum atomic E-state index is -4.55. The Hall–Kier alpha value is -1.27. The molecule has 0 atom stereocenters. The molecule has 19 heavy (non-hydrogen) atoms. The molecule has 0 radical (unpaired) electrons. The van der Waals surface area contributed by atoms with Crippen LogP contribution in [-0.2, 0) is 6.18 Å². The zero-order chi connectivity index (χ0) is 13.9. The van der Waals surface area contributed by atoms with Crippen molar-refractivity contribution >= 4 is 34.3 Å². The Morgan fingerprint density at radius 3 is 2.63 bits per heavy atom. The van der Waals surface area contributed by atoms with Crippen LogP contribution in [-0.4, -0.2) is 15.7 Å². The van der Waals surface area contributed by atoms with E-state index in [0.717, 1.165) is 0 Å². The second-order valence-electron chi connectivity index (χ2n) is 3.54. The average Bonchev–Trinajstić information content (AvgIpc) is 2.37. The van der Waals surface area contributed by atoms with E-state index in [-0.39, 0.29) is 5.52 Å². The zero-order valence-electron chi connectivity index (χ0n) is 9.49. The molecule has 2 rings (SSSR count). The number of aromatic nitrogens is 2. The molecule has 1 aromatic carbocycles. The van der Waals surface area contributed by atoms with E-state index in [4.69, 9.17) is 11.6 Å². The zero-order valence-corrected chi connectivity index (χ0v) is 11.1. The molecule has 0 amide bonds. The molecule has 0 aliphatic heterocycles. The number of thioether (sulfide) groups is 1. The number of para-hydroxylation sites is 1. The number of alkyl halides is 3. The van der Waals surface area contributed by atoms with E-state index in [1.807, 2.05) is 0 Å². The second-order valence-corrected chi connectivity index (χ2v) is 4.80. The first-order valence-electron chi connectivity index (χ1n) is 5.24. The Kier molecular flexibility index (Phi) is 4.31. The van der Waals surface area contributed by atoms with Gasteiger partial charge in [0, 0.05) is 16.7 Å². The van der Waals surface area contributed by atoms with Crippen molar-refractivity contribution in [2.45, 2.75) is 11.2 Å². The summed E-state index contributed by atoms with van der Waals surface area (Å²) in [5, 5.41) is 0.899. The fourth-order valence-corrected chi connectivity index (χ4v) is 2.47. The van der Waals surface area contributed by atoms with Crippen molar-refractivity contribution in [3.05, 3.63) is 41.7 Å². The molecule has 0 N–H and O–H groups in total. The number of nitrogens with zero attached hydrogens (tertiary/aromatic N) is 2. The molecule has 0 fully saturated rings. The number of hydrogen-bond donors (Lipinski definition) is 0. The third-order valence-electron chi connectivity index (χ3n) is 2.23. The van der Waals surface area contributed by atoms with E-state index in [1.54, 1.807) is 24.3 Å². The lowest BCUT2D eigenvalue weighted by Gasteiger charge is -2.09. The summed E-state index contributed by atoms with van der Waals surface area (Å²) in [5.74, 6) is -0.675. The van der Waals surface area contributed by atoms with E-state index in [9.17, 15) is 13.2 Å². The molecule has 0 unspecified atom stereocenters. The number of rotatable bonds is 3. The van der Waals surface area contributed by atoms with E-state index in [2.05, 4.69) is 9.97 Å². The summed E-state index contributed by atoms with van der Waals surface area (Å²) in [6, 6.07) is 6.61. The van der Waals surface area contributed by atoms with E-state index in [1.165, 1.54) is 23.4 Å². The van der Waals surface area contributed by atoms with Gasteiger partial charge in [-0.05, 0) is 6.07 Å². The first-order chi connectivity index (χ1) is 9.02. The quantitative estimate of drug-likeness (QED) is 0.617. The first kappa shape index (κ1) is 14.1. The lowest BCUT2D eigenvalue weighted by Crippen LogP contribution is -2.11. The summed E-state index contributed by atoms with van der Waals surface area (Å²) in [6.07, 6.45) is -2.92. The summed E-state index contributed by atoms with van der Waals surface area (Å²) < 4.78 is 38.1. The van der Waals surface area contributed by atoms with Crippen LogP contribution < -0.4 is 0 Å². The number of hydrogen-bond acceptors (Lipinski definition) is 3. The van der Waals surface area contributed by atoms with Gasteiger partial charge in [0.15, 0.2) is 0 Å². The van der Waals surface area contributed by atoms with Crippen molar-refractivity contribution in [3.8, 4) is 0 Å². The fraction of sp³-hybridized carbons (Fsp3) is 0.167. The highest BCUT2D eigenvalue weighted by atomic mass is 35.5. The Labute approximate surface area is 116 Å². The van der Waals surface area contributed by atoms with Crippen molar-refractivity contribution in [2.75, 3.05) is 5.75 Å². The van der Waals surface area contributed by atoms with Gasteiger partial charge in [0.1, 0.15) is 5.03 Å². The number of benzene rings is 1. The summed E-state index contributed by atoms with van der Waals surface area (Å²) in [4.78, 5) is 7.14. The van der Waals surface area contributed by atoms with Gasteiger partial charge in [-0.1, -0.05) is 35.9 Å². The minimum Gasteiger partial charge on any atom is -0.224 e. The van der Waals surface area contributed by atoms with Crippen LogP contribution in [0.4, 0.5) is 13.2 Å². The highest BCUT2D eigenvalue weighted by Gasteiger charge is 2.35. The van der Waals surface area contributed by atoms with Crippen LogP contribution in [0.2, 0.25) is 0 Å². The van der Waals surface area contributed by atoms with Gasteiger partial charge in [0.2, 0.25) is 5.82 Å². The van der Waals surface area contributed by atoms with Gasteiger partial charge in [0.25, 0.3) is 0 Å². The van der Waals surface area contributed by atoms with Gasteiger partial charge in [-0.2, -0.15) is 13.2 Å². The van der Waals surface area contributed by atoms with Crippen molar-refractivity contribution in [3.63, 3.8) is 0 Å². The maximum absolute atomic E-state index is 12.7. The Morgan fingerprint density at radius 2 is 1.95 bits per heavy atom. The van der Waals surface area contributed by atoms with Crippen LogP contribution in [0.25, 0.3) is 10.9 Å². The summed E-state index contributed by atoms with van der Waals surface area (Å²) in [7, 11) is 0. The van der Waals surface area contributed by atoms with Gasteiger partial charge in [-0.15, -0.1) is 11.8 Å². The molecule has 100 valence electrons. The molecule has 0 saturated heterocycles. The highest BCUT2D eigenvalue weighted by molar-refractivity contribution is 7.99. The van der Waals surface area contributed by atoms with Crippen LogP contribution >= 0.6 is 23.4 Å². The average molecular weight is 305 g/mol. The smallest absolute Gasteiger partial charge is 0.224 e. The predicted octanol–water partition coefficient (Wildman–Crippen LogP) is 4.49. The van der Waals surface area contributed by atoms with Crippen LogP contribution in [0.1, 0.15) is 5.82 Å². The summed E-state index contributed by atoms with van der Waals surface area (Å²) >= 11 is 6.57. The van der Waals surface area contributed by atoms with Gasteiger partial charge in [0.05, 0.1) is 5.52 Å². The molecule has 0 aliphatic carbocycles. The van der Waals surface area contributed by atoms with Crippen molar-refractivity contribution < 1.29 is 13.2 Å². The predicted molar refractivity (Wildman–Crippen MR) is 70.3 cm³/mol. The summed E-state index contributed by atoms with van der Waals surface area (Å²) in [5.41, 5.74) is 1.60. The highest BCUT2D eigenvalue weighted by Crippen LogP contribution is 2.31. The lowest BCUT2D eigenvalue weighted by molar-refractivity contribution is -0.145. The molecule has 0 saturated carbocycles. The Bertz CT molecular complexity index is 613. The molecule has 0 spiro atoms. The Balaban J connectivity index is 2.52. The van der Waals surface area contributed by atoms with Crippen molar-refractivity contribution in [1.29, 1.82) is 0 Å². The Morgan fingerprint density at radius 1 is 1.21 bits per heavy atom. The monoisotopic (exact) mass is 304 g/mol. The largest absolute Gasteiger partial charge is 0.451 e. The summed E-state index contributed by atoms with van der Waals surface area (Å²) in [6.45, 7) is 0.